The van der Waals surface area contributed by atoms with Crippen molar-refractivity contribution in [2.75, 3.05) is 37.6 Å². The highest BCUT2D eigenvalue weighted by atomic mass is 16.3. The predicted molar refractivity (Wildman–Crippen MR) is 91.6 cm³/mol. The molecule has 0 saturated carbocycles. The number of aryl methyl sites for hydroxylation is 1. The van der Waals surface area contributed by atoms with Gasteiger partial charge in [-0.25, -0.2) is 4.79 Å². The van der Waals surface area contributed by atoms with Crippen LogP contribution >= 0.6 is 0 Å². The highest BCUT2D eigenvalue weighted by Gasteiger charge is 2.24. The summed E-state index contributed by atoms with van der Waals surface area (Å²) in [5.74, 6) is 0.633. The standard InChI is InChI=1S/C15H24N6O3/c1-4-19-5-7-20(8-6-19)14-16-12-11(21(14)9-10(2)22)13(23)17-15(24)18(12)3/h10,22H,4-9H2,1-3H3,(H,17,23,24)/t10-/m1/s1. The Morgan fingerprint density at radius 1 is 1.25 bits per heavy atom. The van der Waals surface area contributed by atoms with E-state index in [0.29, 0.717) is 17.1 Å². The van der Waals surface area contributed by atoms with Crippen molar-refractivity contribution in [1.29, 1.82) is 0 Å². The van der Waals surface area contributed by atoms with Gasteiger partial charge in [0.2, 0.25) is 5.95 Å². The largest absolute Gasteiger partial charge is 0.392 e. The molecule has 3 heterocycles. The van der Waals surface area contributed by atoms with E-state index < -0.39 is 17.4 Å². The lowest BCUT2D eigenvalue weighted by Gasteiger charge is -2.34. The van der Waals surface area contributed by atoms with Crippen LogP contribution in [-0.4, -0.2) is 67.9 Å². The van der Waals surface area contributed by atoms with Crippen molar-refractivity contribution < 1.29 is 5.11 Å². The normalized spacial score (nSPS) is 17.6. The molecular weight excluding hydrogens is 312 g/mol. The molecule has 1 aliphatic heterocycles. The van der Waals surface area contributed by atoms with E-state index >= 15 is 0 Å². The van der Waals surface area contributed by atoms with Gasteiger partial charge >= 0.3 is 5.69 Å². The lowest BCUT2D eigenvalue weighted by atomic mass is 10.3. The summed E-state index contributed by atoms with van der Waals surface area (Å²) in [6.45, 7) is 8.49. The number of rotatable bonds is 4. The first kappa shape index (κ1) is 16.7. The fraction of sp³-hybridized carbons (Fsp3) is 0.667. The Bertz CT molecular complexity index is 841. The molecule has 0 aromatic carbocycles. The van der Waals surface area contributed by atoms with Crippen LogP contribution in [0.25, 0.3) is 11.2 Å². The molecule has 2 aromatic heterocycles. The molecule has 132 valence electrons. The number of likely N-dealkylation sites (N-methyl/N-ethyl adjacent to an activating group) is 1. The monoisotopic (exact) mass is 336 g/mol. The molecule has 1 saturated heterocycles. The number of hydrogen-bond acceptors (Lipinski definition) is 6. The molecule has 1 atom stereocenters. The van der Waals surface area contributed by atoms with Crippen molar-refractivity contribution in [3.63, 3.8) is 0 Å². The molecule has 2 N–H and O–H groups in total. The predicted octanol–water partition coefficient (Wildman–Crippen LogP) is -1.05. The van der Waals surface area contributed by atoms with E-state index in [4.69, 9.17) is 0 Å². The van der Waals surface area contributed by atoms with Gasteiger partial charge in [0.1, 0.15) is 0 Å². The first-order chi connectivity index (χ1) is 11.4. The number of H-pyrrole nitrogens is 1. The number of aromatic amines is 1. The Morgan fingerprint density at radius 3 is 2.50 bits per heavy atom. The van der Waals surface area contributed by atoms with Gasteiger partial charge in [-0.1, -0.05) is 6.92 Å². The maximum absolute atomic E-state index is 12.3. The summed E-state index contributed by atoms with van der Waals surface area (Å²) in [7, 11) is 1.58. The van der Waals surface area contributed by atoms with Gasteiger partial charge in [0.05, 0.1) is 12.6 Å². The van der Waals surface area contributed by atoms with Gasteiger partial charge in [0.25, 0.3) is 5.56 Å². The molecule has 0 bridgehead atoms. The number of aliphatic hydroxyl groups is 1. The number of hydrogen-bond donors (Lipinski definition) is 2. The molecule has 9 heteroatoms. The third-order valence-corrected chi connectivity index (χ3v) is 4.54. The van der Waals surface area contributed by atoms with Crippen molar-refractivity contribution in [3.05, 3.63) is 20.8 Å². The van der Waals surface area contributed by atoms with E-state index in [0.717, 1.165) is 32.7 Å². The summed E-state index contributed by atoms with van der Waals surface area (Å²) in [5, 5.41) is 9.85. The lowest BCUT2D eigenvalue weighted by molar-refractivity contribution is 0.175. The van der Waals surface area contributed by atoms with E-state index in [-0.39, 0.29) is 6.54 Å². The Kier molecular flexibility index (Phi) is 4.46. The molecule has 0 radical (unpaired) electrons. The number of nitrogens with zero attached hydrogens (tertiary/aromatic N) is 5. The van der Waals surface area contributed by atoms with Crippen LogP contribution in [0, 0.1) is 0 Å². The Hall–Kier alpha value is -2.13. The SMILES string of the molecule is CCN1CCN(c2nc3c(c(=O)[nH]c(=O)n3C)n2C[C@@H](C)O)CC1. The Balaban J connectivity index is 2.13. The molecule has 0 amide bonds. The average Bonchev–Trinajstić information content (AvgIpc) is 2.92. The van der Waals surface area contributed by atoms with Crippen molar-refractivity contribution in [2.45, 2.75) is 26.5 Å². The third kappa shape index (κ3) is 2.84. The van der Waals surface area contributed by atoms with E-state index in [1.807, 2.05) is 0 Å². The number of anilines is 1. The minimum atomic E-state index is -0.630. The molecule has 2 aromatic rings. The molecule has 3 rings (SSSR count). The summed E-state index contributed by atoms with van der Waals surface area (Å²) < 4.78 is 3.06. The van der Waals surface area contributed by atoms with Gasteiger partial charge in [0.15, 0.2) is 11.2 Å². The number of piperazine rings is 1. The molecule has 1 aliphatic rings. The van der Waals surface area contributed by atoms with Gasteiger partial charge in [-0.15, -0.1) is 0 Å². The zero-order chi connectivity index (χ0) is 17.4. The lowest BCUT2D eigenvalue weighted by Crippen LogP contribution is -2.47. The minimum Gasteiger partial charge on any atom is -0.392 e. The van der Waals surface area contributed by atoms with Crippen LogP contribution in [0.4, 0.5) is 5.95 Å². The zero-order valence-electron chi connectivity index (χ0n) is 14.3. The first-order valence-electron chi connectivity index (χ1n) is 8.27. The van der Waals surface area contributed by atoms with Crippen LogP contribution in [0.3, 0.4) is 0 Å². The van der Waals surface area contributed by atoms with Crippen molar-refractivity contribution >= 4 is 17.1 Å². The molecule has 0 unspecified atom stereocenters. The molecule has 1 fully saturated rings. The van der Waals surface area contributed by atoms with Crippen molar-refractivity contribution in [3.8, 4) is 0 Å². The second-order valence-corrected chi connectivity index (χ2v) is 6.28. The van der Waals surface area contributed by atoms with Gasteiger partial charge in [-0.05, 0) is 13.5 Å². The smallest absolute Gasteiger partial charge is 0.329 e. The van der Waals surface area contributed by atoms with Crippen LogP contribution in [-0.2, 0) is 13.6 Å². The van der Waals surface area contributed by atoms with Gasteiger partial charge < -0.3 is 19.5 Å². The van der Waals surface area contributed by atoms with E-state index in [9.17, 15) is 14.7 Å². The summed E-state index contributed by atoms with van der Waals surface area (Å²) in [6, 6.07) is 0. The van der Waals surface area contributed by atoms with Crippen LogP contribution in [0.1, 0.15) is 13.8 Å². The second-order valence-electron chi connectivity index (χ2n) is 6.28. The molecule has 24 heavy (non-hydrogen) atoms. The summed E-state index contributed by atoms with van der Waals surface area (Å²) >= 11 is 0. The number of aromatic nitrogens is 4. The fourth-order valence-electron chi connectivity index (χ4n) is 3.17. The topological polar surface area (TPSA) is 99.4 Å². The van der Waals surface area contributed by atoms with E-state index in [2.05, 4.69) is 26.7 Å². The van der Waals surface area contributed by atoms with Crippen molar-refractivity contribution in [1.82, 2.24) is 24.0 Å². The summed E-state index contributed by atoms with van der Waals surface area (Å²) in [6.07, 6.45) is -0.630. The van der Waals surface area contributed by atoms with Gasteiger partial charge in [-0.3, -0.25) is 14.3 Å². The maximum Gasteiger partial charge on any atom is 0.329 e. The summed E-state index contributed by atoms with van der Waals surface area (Å²) in [4.78, 5) is 35.5. The van der Waals surface area contributed by atoms with Crippen LogP contribution < -0.4 is 16.1 Å². The number of nitrogens with one attached hydrogen (secondary N) is 1. The number of imidazole rings is 1. The fourth-order valence-corrected chi connectivity index (χ4v) is 3.17. The highest BCUT2D eigenvalue weighted by molar-refractivity contribution is 5.74. The second kappa shape index (κ2) is 6.40. The zero-order valence-corrected chi connectivity index (χ0v) is 14.3. The van der Waals surface area contributed by atoms with Crippen LogP contribution in [0.2, 0.25) is 0 Å². The molecule has 0 aliphatic carbocycles. The van der Waals surface area contributed by atoms with E-state index in [1.165, 1.54) is 4.57 Å². The highest BCUT2D eigenvalue weighted by Crippen LogP contribution is 2.21. The first-order valence-corrected chi connectivity index (χ1v) is 8.27. The van der Waals surface area contributed by atoms with Crippen molar-refractivity contribution in [2.24, 2.45) is 7.05 Å². The Labute approximate surface area is 139 Å². The Morgan fingerprint density at radius 2 is 1.92 bits per heavy atom. The quantitative estimate of drug-likeness (QED) is 0.739. The maximum atomic E-state index is 12.3. The summed E-state index contributed by atoms with van der Waals surface area (Å²) in [5.41, 5.74) is -0.292. The van der Waals surface area contributed by atoms with Crippen LogP contribution in [0.15, 0.2) is 9.59 Å². The van der Waals surface area contributed by atoms with E-state index in [1.54, 1.807) is 18.5 Å². The average molecular weight is 336 g/mol. The molecular formula is C15H24N6O3. The van der Waals surface area contributed by atoms with Gasteiger partial charge in [-0.2, -0.15) is 4.98 Å². The van der Waals surface area contributed by atoms with Crippen LogP contribution in [0.5, 0.6) is 0 Å². The molecule has 0 spiro atoms. The third-order valence-electron chi connectivity index (χ3n) is 4.54. The number of fused-ring (bicyclic) bond motifs is 1. The van der Waals surface area contributed by atoms with Gasteiger partial charge in [0, 0.05) is 33.2 Å². The number of aliphatic hydroxyl groups excluding tert-OH is 1. The minimum absolute atomic E-state index is 0.251. The molecule has 9 nitrogen and oxygen atoms in total.